The van der Waals surface area contributed by atoms with Crippen LogP contribution in [0.5, 0.6) is 5.75 Å². The number of nitrogens with one attached hydrogen (secondary N) is 1. The molecule has 96 valence electrons. The minimum absolute atomic E-state index is 0.207. The van der Waals surface area contributed by atoms with Crippen LogP contribution in [0.3, 0.4) is 0 Å². The minimum atomic E-state index is -0.763. The first-order valence-electron chi connectivity index (χ1n) is 5.51. The summed E-state index contributed by atoms with van der Waals surface area (Å²) in [4.78, 5) is 0. The maximum absolute atomic E-state index is 11.1. The van der Waals surface area contributed by atoms with Crippen LogP contribution in [0.1, 0.15) is 18.9 Å². The van der Waals surface area contributed by atoms with Gasteiger partial charge in [0.2, 0.25) is 0 Å². The molecule has 0 aliphatic rings. The Kier molecular flexibility index (Phi) is 6.16. The predicted molar refractivity (Wildman–Crippen MR) is 75.7 cm³/mol. The zero-order valence-electron chi connectivity index (χ0n) is 10.1. The number of halogens is 1. The van der Waals surface area contributed by atoms with Crippen LogP contribution in [0.2, 0.25) is 0 Å². The van der Waals surface area contributed by atoms with E-state index in [-0.39, 0.29) is 11.0 Å². The van der Waals surface area contributed by atoms with Gasteiger partial charge in [0.25, 0.3) is 0 Å². The summed E-state index contributed by atoms with van der Waals surface area (Å²) < 4.78 is 11.9. The average Bonchev–Trinajstić information content (AvgIpc) is 2.29. The Morgan fingerprint density at radius 1 is 1.53 bits per heavy atom. The second-order valence-corrected chi connectivity index (χ2v) is 6.68. The summed E-state index contributed by atoms with van der Waals surface area (Å²) in [7, 11) is -0.763. The van der Waals surface area contributed by atoms with Crippen molar-refractivity contribution in [3.05, 3.63) is 28.2 Å². The molecule has 0 heterocycles. The van der Waals surface area contributed by atoms with Gasteiger partial charge in [0, 0.05) is 34.4 Å². The van der Waals surface area contributed by atoms with Crippen LogP contribution in [0.25, 0.3) is 0 Å². The van der Waals surface area contributed by atoms with Crippen LogP contribution < -0.4 is 5.32 Å². The Labute approximate surface area is 113 Å². The average molecular weight is 320 g/mol. The highest BCUT2D eigenvalue weighted by Crippen LogP contribution is 2.27. The lowest BCUT2D eigenvalue weighted by atomic mass is 10.2. The SMILES string of the molecule is CC(CCNCc1cccc(Br)c1O)S(C)=O. The fraction of sp³-hybridized carbons (Fsp3) is 0.500. The van der Waals surface area contributed by atoms with Gasteiger partial charge in [-0.15, -0.1) is 0 Å². The molecule has 0 aliphatic carbocycles. The number of hydrogen-bond donors (Lipinski definition) is 2. The number of rotatable bonds is 6. The number of aromatic hydroxyl groups is 1. The first-order chi connectivity index (χ1) is 8.02. The summed E-state index contributed by atoms with van der Waals surface area (Å²) >= 11 is 3.28. The van der Waals surface area contributed by atoms with Gasteiger partial charge < -0.3 is 10.4 Å². The molecule has 0 saturated heterocycles. The van der Waals surface area contributed by atoms with Gasteiger partial charge in [0.05, 0.1) is 4.47 Å². The Bertz CT molecular complexity index is 398. The van der Waals surface area contributed by atoms with Crippen LogP contribution in [-0.2, 0) is 17.3 Å². The maximum Gasteiger partial charge on any atom is 0.134 e. The molecule has 1 aromatic rings. The van der Waals surface area contributed by atoms with Gasteiger partial charge in [-0.2, -0.15) is 0 Å². The summed E-state index contributed by atoms with van der Waals surface area (Å²) in [6.07, 6.45) is 2.60. The quantitative estimate of drug-likeness (QED) is 0.792. The van der Waals surface area contributed by atoms with Gasteiger partial charge in [0.15, 0.2) is 0 Å². The van der Waals surface area contributed by atoms with E-state index in [1.165, 1.54) is 0 Å². The fourth-order valence-corrected chi connectivity index (χ4v) is 2.25. The molecule has 5 heteroatoms. The van der Waals surface area contributed by atoms with E-state index in [1.807, 2.05) is 19.1 Å². The van der Waals surface area contributed by atoms with E-state index in [0.717, 1.165) is 18.5 Å². The molecule has 3 nitrogen and oxygen atoms in total. The molecule has 2 unspecified atom stereocenters. The van der Waals surface area contributed by atoms with Crippen LogP contribution >= 0.6 is 15.9 Å². The maximum atomic E-state index is 11.1. The van der Waals surface area contributed by atoms with Gasteiger partial charge in [-0.1, -0.05) is 19.1 Å². The molecule has 1 rings (SSSR count). The van der Waals surface area contributed by atoms with Gasteiger partial charge in [-0.25, -0.2) is 0 Å². The molecular formula is C12H18BrNO2S. The Balaban J connectivity index is 2.36. The third-order valence-corrected chi connectivity index (χ3v) is 4.69. The van der Waals surface area contributed by atoms with Crippen molar-refractivity contribution < 1.29 is 9.32 Å². The van der Waals surface area contributed by atoms with E-state index in [2.05, 4.69) is 21.2 Å². The Morgan fingerprint density at radius 3 is 2.88 bits per heavy atom. The van der Waals surface area contributed by atoms with Gasteiger partial charge in [0.1, 0.15) is 5.75 Å². The summed E-state index contributed by atoms with van der Waals surface area (Å²) in [5, 5.41) is 13.2. The van der Waals surface area contributed by atoms with Crippen LogP contribution in [0.4, 0.5) is 0 Å². The predicted octanol–water partition coefficient (Wildman–Crippen LogP) is 2.40. The van der Waals surface area contributed by atoms with Crippen molar-refractivity contribution in [3.8, 4) is 5.75 Å². The van der Waals surface area contributed by atoms with E-state index in [9.17, 15) is 9.32 Å². The molecule has 2 N–H and O–H groups in total. The van der Waals surface area contributed by atoms with Crippen molar-refractivity contribution in [1.82, 2.24) is 5.32 Å². The van der Waals surface area contributed by atoms with Crippen molar-refractivity contribution in [2.24, 2.45) is 0 Å². The zero-order chi connectivity index (χ0) is 12.8. The largest absolute Gasteiger partial charge is 0.506 e. The molecule has 0 aliphatic heterocycles. The van der Waals surface area contributed by atoms with E-state index in [0.29, 0.717) is 11.0 Å². The second kappa shape index (κ2) is 7.13. The summed E-state index contributed by atoms with van der Waals surface area (Å²) in [5.74, 6) is 0.284. The molecule has 0 spiro atoms. The molecule has 0 fully saturated rings. The highest BCUT2D eigenvalue weighted by molar-refractivity contribution is 9.10. The van der Waals surface area contributed by atoms with Crippen molar-refractivity contribution in [3.63, 3.8) is 0 Å². The lowest BCUT2D eigenvalue weighted by molar-refractivity contribution is 0.460. The van der Waals surface area contributed by atoms with Crippen LogP contribution in [-0.4, -0.2) is 27.4 Å². The van der Waals surface area contributed by atoms with Crippen molar-refractivity contribution in [2.75, 3.05) is 12.8 Å². The number of phenols is 1. The second-order valence-electron chi connectivity index (χ2n) is 4.02. The highest BCUT2D eigenvalue weighted by atomic mass is 79.9. The molecule has 0 bridgehead atoms. The zero-order valence-corrected chi connectivity index (χ0v) is 12.5. The summed E-state index contributed by atoms with van der Waals surface area (Å²) in [5.41, 5.74) is 0.865. The van der Waals surface area contributed by atoms with Crippen molar-refractivity contribution >= 4 is 26.7 Å². The molecule has 0 radical (unpaired) electrons. The smallest absolute Gasteiger partial charge is 0.134 e. The molecule has 2 atom stereocenters. The number of benzene rings is 1. The number of hydrogen-bond acceptors (Lipinski definition) is 3. The lowest BCUT2D eigenvalue weighted by Gasteiger charge is -2.10. The Morgan fingerprint density at radius 2 is 2.24 bits per heavy atom. The van der Waals surface area contributed by atoms with Crippen LogP contribution in [0, 0.1) is 0 Å². The van der Waals surface area contributed by atoms with Crippen LogP contribution in [0.15, 0.2) is 22.7 Å². The van der Waals surface area contributed by atoms with E-state index in [1.54, 1.807) is 12.3 Å². The molecule has 0 aromatic heterocycles. The molecule has 0 amide bonds. The Hall–Kier alpha value is -0.390. The van der Waals surface area contributed by atoms with Crippen molar-refractivity contribution in [2.45, 2.75) is 25.1 Å². The number of para-hydroxylation sites is 1. The number of phenolic OH excluding ortho intramolecular Hbond substituents is 1. The molecular weight excluding hydrogens is 302 g/mol. The van der Waals surface area contributed by atoms with E-state index >= 15 is 0 Å². The molecule has 1 aromatic carbocycles. The standard InChI is InChI=1S/C12H18BrNO2S/c1-9(17(2)16)6-7-14-8-10-4-3-5-11(13)12(10)15/h3-5,9,14-15H,6-8H2,1-2H3. The molecule has 0 saturated carbocycles. The normalized spacial score (nSPS) is 14.5. The third kappa shape index (κ3) is 4.77. The monoisotopic (exact) mass is 319 g/mol. The van der Waals surface area contributed by atoms with Crippen molar-refractivity contribution in [1.29, 1.82) is 0 Å². The fourth-order valence-electron chi connectivity index (χ4n) is 1.40. The first-order valence-corrected chi connectivity index (χ1v) is 7.93. The van der Waals surface area contributed by atoms with Gasteiger partial charge in [-0.3, -0.25) is 4.21 Å². The highest BCUT2D eigenvalue weighted by Gasteiger charge is 2.06. The van der Waals surface area contributed by atoms with Gasteiger partial charge in [-0.05, 0) is 35.0 Å². The third-order valence-electron chi connectivity index (χ3n) is 2.68. The first kappa shape index (κ1) is 14.7. The lowest BCUT2D eigenvalue weighted by Crippen LogP contribution is -2.21. The van der Waals surface area contributed by atoms with E-state index < -0.39 is 10.8 Å². The summed E-state index contributed by atoms with van der Waals surface area (Å²) in [6.45, 7) is 3.40. The van der Waals surface area contributed by atoms with E-state index in [4.69, 9.17) is 0 Å². The molecule has 17 heavy (non-hydrogen) atoms. The minimum Gasteiger partial charge on any atom is -0.506 e. The summed E-state index contributed by atoms with van der Waals surface area (Å²) in [6, 6.07) is 5.58. The van der Waals surface area contributed by atoms with Gasteiger partial charge >= 0.3 is 0 Å². The topological polar surface area (TPSA) is 49.3 Å².